The molecule has 136 valence electrons. The van der Waals surface area contributed by atoms with Crippen molar-refractivity contribution in [1.29, 1.82) is 0 Å². The highest BCUT2D eigenvalue weighted by Gasteiger charge is 2.31. The van der Waals surface area contributed by atoms with E-state index < -0.39 is 12.3 Å². The number of rotatable bonds is 5. The van der Waals surface area contributed by atoms with Gasteiger partial charge in [-0.05, 0) is 29.8 Å². The third kappa shape index (κ3) is 3.97. The van der Waals surface area contributed by atoms with Crippen molar-refractivity contribution in [2.45, 2.75) is 12.9 Å². The third-order valence-corrected chi connectivity index (χ3v) is 3.31. The van der Waals surface area contributed by atoms with Gasteiger partial charge in [0, 0.05) is 6.54 Å². The normalized spacial score (nSPS) is 11.3. The number of halogens is 3. The van der Waals surface area contributed by atoms with E-state index in [1.54, 1.807) is 12.1 Å². The van der Waals surface area contributed by atoms with Gasteiger partial charge < -0.3 is 24.7 Å². The van der Waals surface area contributed by atoms with Crippen LogP contribution in [0.2, 0.25) is 0 Å². The first-order valence-electron chi connectivity index (χ1n) is 7.25. The molecule has 0 spiro atoms. The second kappa shape index (κ2) is 6.82. The van der Waals surface area contributed by atoms with Crippen LogP contribution in [0.15, 0.2) is 51.6 Å². The molecule has 26 heavy (non-hydrogen) atoms. The molecule has 1 aromatic carbocycles. The van der Waals surface area contributed by atoms with Crippen molar-refractivity contribution in [3.05, 3.63) is 53.8 Å². The molecule has 2 aromatic heterocycles. The number of hydrogen-bond acceptors (Lipinski definition) is 6. The maximum Gasteiger partial charge on any atom is 0.573 e. The number of benzene rings is 1. The van der Waals surface area contributed by atoms with Gasteiger partial charge >= 0.3 is 6.36 Å². The van der Waals surface area contributed by atoms with Crippen LogP contribution in [0.1, 0.15) is 15.9 Å². The van der Waals surface area contributed by atoms with Gasteiger partial charge in [0.15, 0.2) is 11.5 Å². The summed E-state index contributed by atoms with van der Waals surface area (Å²) in [5.41, 5.74) is 6.36. The van der Waals surface area contributed by atoms with Gasteiger partial charge in [0.2, 0.25) is 5.88 Å². The molecule has 0 aliphatic heterocycles. The summed E-state index contributed by atoms with van der Waals surface area (Å²) in [5, 5.41) is 6.29. The molecule has 0 atom stereocenters. The minimum absolute atomic E-state index is 0.0111. The molecule has 3 aromatic rings. The fraction of sp³-hybridized carbons (Fsp3) is 0.125. The molecular weight excluding hydrogens is 355 g/mol. The number of amides is 1. The highest BCUT2D eigenvalue weighted by atomic mass is 19.4. The molecule has 0 aliphatic rings. The summed E-state index contributed by atoms with van der Waals surface area (Å²) in [6.07, 6.45) is -3.35. The Balaban J connectivity index is 1.67. The number of furan rings is 1. The quantitative estimate of drug-likeness (QED) is 0.717. The number of anilines is 1. The summed E-state index contributed by atoms with van der Waals surface area (Å²) in [6.45, 7) is 0.0490. The Kier molecular flexibility index (Phi) is 4.57. The number of nitrogens with two attached hydrogens (primary N) is 1. The molecule has 0 unspecified atom stereocenters. The summed E-state index contributed by atoms with van der Waals surface area (Å²) in [4.78, 5) is 12.4. The van der Waals surface area contributed by atoms with E-state index in [0.717, 1.165) is 12.1 Å². The fourth-order valence-electron chi connectivity index (χ4n) is 2.18. The maximum absolute atomic E-state index is 12.4. The van der Waals surface area contributed by atoms with Crippen LogP contribution in [-0.2, 0) is 6.54 Å². The van der Waals surface area contributed by atoms with Crippen molar-refractivity contribution in [3.8, 4) is 17.2 Å². The van der Waals surface area contributed by atoms with Crippen LogP contribution in [0.4, 0.5) is 19.1 Å². The molecule has 3 rings (SSSR count). The van der Waals surface area contributed by atoms with Crippen LogP contribution in [0, 0.1) is 0 Å². The predicted octanol–water partition coefficient (Wildman–Crippen LogP) is 3.35. The lowest BCUT2D eigenvalue weighted by Gasteiger charge is -2.09. The first kappa shape index (κ1) is 17.4. The Hall–Kier alpha value is -3.43. The van der Waals surface area contributed by atoms with Crippen molar-refractivity contribution in [2.75, 3.05) is 5.73 Å². The molecule has 10 heteroatoms. The number of nitrogens with one attached hydrogen (secondary N) is 1. The Morgan fingerprint density at radius 1 is 1.23 bits per heavy atom. The van der Waals surface area contributed by atoms with E-state index in [4.69, 9.17) is 14.7 Å². The lowest BCUT2D eigenvalue weighted by atomic mass is 10.1. The average molecular weight is 367 g/mol. The molecule has 2 heterocycles. The second-order valence-electron chi connectivity index (χ2n) is 5.12. The van der Waals surface area contributed by atoms with E-state index in [-0.39, 0.29) is 29.4 Å². The molecular formula is C16H12F3N3O4. The van der Waals surface area contributed by atoms with Gasteiger partial charge in [0.25, 0.3) is 5.91 Å². The number of carbonyl (C=O) groups is 1. The molecule has 0 radical (unpaired) electrons. The van der Waals surface area contributed by atoms with Gasteiger partial charge in [0.1, 0.15) is 11.3 Å². The zero-order valence-corrected chi connectivity index (χ0v) is 13.0. The van der Waals surface area contributed by atoms with Gasteiger partial charge in [-0.25, -0.2) is 0 Å². The first-order chi connectivity index (χ1) is 12.3. The van der Waals surface area contributed by atoms with Crippen LogP contribution < -0.4 is 15.8 Å². The fourth-order valence-corrected chi connectivity index (χ4v) is 2.18. The largest absolute Gasteiger partial charge is 0.573 e. The number of aromatic nitrogens is 1. The number of ether oxygens (including phenoxy) is 1. The minimum Gasteiger partial charge on any atom is -0.463 e. The smallest absolute Gasteiger partial charge is 0.463 e. The Morgan fingerprint density at radius 2 is 1.96 bits per heavy atom. The molecule has 0 saturated carbocycles. The van der Waals surface area contributed by atoms with Crippen LogP contribution in [0.3, 0.4) is 0 Å². The van der Waals surface area contributed by atoms with Crippen molar-refractivity contribution in [1.82, 2.24) is 10.5 Å². The Bertz CT molecular complexity index is 887. The molecule has 7 nitrogen and oxygen atoms in total. The molecule has 0 fully saturated rings. The van der Waals surface area contributed by atoms with Gasteiger partial charge in [-0.15, -0.1) is 13.2 Å². The number of alkyl halides is 3. The van der Waals surface area contributed by atoms with Crippen LogP contribution in [0.25, 0.3) is 11.5 Å². The summed E-state index contributed by atoms with van der Waals surface area (Å²) < 4.78 is 50.2. The lowest BCUT2D eigenvalue weighted by molar-refractivity contribution is -0.274. The highest BCUT2D eigenvalue weighted by molar-refractivity contribution is 6.03. The van der Waals surface area contributed by atoms with E-state index in [1.807, 2.05) is 0 Å². The summed E-state index contributed by atoms with van der Waals surface area (Å²) in [5.74, 6) is -0.784. The van der Waals surface area contributed by atoms with Gasteiger partial charge in [-0.3, -0.25) is 4.79 Å². The van der Waals surface area contributed by atoms with Gasteiger partial charge in [-0.1, -0.05) is 17.3 Å². The van der Waals surface area contributed by atoms with Crippen LogP contribution in [0.5, 0.6) is 5.75 Å². The highest BCUT2D eigenvalue weighted by Crippen LogP contribution is 2.27. The van der Waals surface area contributed by atoms with E-state index in [2.05, 4.69) is 15.2 Å². The van der Waals surface area contributed by atoms with Gasteiger partial charge in [-0.2, -0.15) is 0 Å². The molecule has 0 aliphatic carbocycles. The predicted molar refractivity (Wildman–Crippen MR) is 82.9 cm³/mol. The average Bonchev–Trinajstić information content (AvgIpc) is 3.21. The molecule has 3 N–H and O–H groups in total. The molecule has 1 amide bonds. The molecule has 0 saturated heterocycles. The summed E-state index contributed by atoms with van der Waals surface area (Å²) in [7, 11) is 0. The minimum atomic E-state index is -4.76. The molecule has 0 bridgehead atoms. The van der Waals surface area contributed by atoms with Crippen molar-refractivity contribution in [3.63, 3.8) is 0 Å². The van der Waals surface area contributed by atoms with E-state index in [0.29, 0.717) is 11.3 Å². The van der Waals surface area contributed by atoms with E-state index >= 15 is 0 Å². The third-order valence-electron chi connectivity index (χ3n) is 3.31. The second-order valence-corrected chi connectivity index (χ2v) is 5.12. The lowest BCUT2D eigenvalue weighted by Crippen LogP contribution is -2.23. The van der Waals surface area contributed by atoms with Crippen molar-refractivity contribution in [2.24, 2.45) is 0 Å². The zero-order valence-electron chi connectivity index (χ0n) is 13.0. The van der Waals surface area contributed by atoms with Crippen molar-refractivity contribution < 1.29 is 31.6 Å². The SMILES string of the molecule is Nc1onc(-c2ccco2)c1C(=O)NCc1ccc(OC(F)(F)F)cc1. The maximum atomic E-state index is 12.4. The number of nitrogen functional groups attached to an aromatic ring is 1. The van der Waals surface area contributed by atoms with Gasteiger partial charge in [0.05, 0.1) is 6.26 Å². The summed E-state index contributed by atoms with van der Waals surface area (Å²) in [6, 6.07) is 8.30. The van der Waals surface area contributed by atoms with Crippen molar-refractivity contribution >= 4 is 11.8 Å². The van der Waals surface area contributed by atoms with Crippen LogP contribution >= 0.6 is 0 Å². The monoisotopic (exact) mass is 367 g/mol. The topological polar surface area (TPSA) is 104 Å². The van der Waals surface area contributed by atoms with E-state index in [1.165, 1.54) is 18.4 Å². The standard InChI is InChI=1S/C16H12F3N3O4/c17-16(18,19)25-10-5-3-9(4-6-10)8-21-15(23)12-13(22-26-14(12)20)11-2-1-7-24-11/h1-7H,8,20H2,(H,21,23). The van der Waals surface area contributed by atoms with Crippen LogP contribution in [-0.4, -0.2) is 17.4 Å². The number of nitrogens with zero attached hydrogens (tertiary/aromatic N) is 1. The zero-order chi connectivity index (χ0) is 18.7. The summed E-state index contributed by atoms with van der Waals surface area (Å²) >= 11 is 0. The number of carbonyl (C=O) groups excluding carboxylic acids is 1. The van der Waals surface area contributed by atoms with E-state index in [9.17, 15) is 18.0 Å². The first-order valence-corrected chi connectivity index (χ1v) is 7.25. The Morgan fingerprint density at radius 3 is 2.58 bits per heavy atom. The Labute approximate surface area is 144 Å². The number of hydrogen-bond donors (Lipinski definition) is 2.